The molecule has 1 saturated heterocycles. The smallest absolute Gasteiger partial charge is 0.335 e. The van der Waals surface area contributed by atoms with E-state index in [1.165, 1.54) is 37.4 Å². The van der Waals surface area contributed by atoms with Crippen molar-refractivity contribution in [3.05, 3.63) is 65.2 Å². The number of aliphatic hydroxyl groups is 5. The number of hydrogen-bond donors (Lipinski definition) is 8. The minimum atomic E-state index is -1.96. The van der Waals surface area contributed by atoms with Gasteiger partial charge >= 0.3 is 5.97 Å². The van der Waals surface area contributed by atoms with Crippen molar-refractivity contribution in [3.63, 3.8) is 0 Å². The average molecular weight is 659 g/mol. The van der Waals surface area contributed by atoms with Gasteiger partial charge in [-0.2, -0.15) is 0 Å². The minimum Gasteiger partial charge on any atom is -0.507 e. The molecule has 250 valence electrons. The van der Waals surface area contributed by atoms with E-state index < -0.39 is 79.2 Å². The Hall–Kier alpha value is -4.84. The summed E-state index contributed by atoms with van der Waals surface area (Å²) in [7, 11) is 1.38. The van der Waals surface area contributed by atoms with Crippen molar-refractivity contribution in [3.8, 4) is 40.2 Å². The van der Waals surface area contributed by atoms with E-state index in [2.05, 4.69) is 0 Å². The van der Waals surface area contributed by atoms with Crippen LogP contribution < -0.4 is 23.7 Å². The molecule has 16 heteroatoms. The second-order valence-corrected chi connectivity index (χ2v) is 11.0. The van der Waals surface area contributed by atoms with Gasteiger partial charge in [0.2, 0.25) is 12.1 Å². The lowest BCUT2D eigenvalue weighted by Crippen LogP contribution is -2.61. The van der Waals surface area contributed by atoms with Crippen molar-refractivity contribution in [1.29, 1.82) is 0 Å². The number of ether oxygens (including phenoxy) is 6. The van der Waals surface area contributed by atoms with Gasteiger partial charge in [0.1, 0.15) is 41.1 Å². The molecule has 0 radical (unpaired) electrons. The van der Waals surface area contributed by atoms with Gasteiger partial charge in [-0.05, 0) is 29.8 Å². The molecule has 8 N–H and O–H groups in total. The van der Waals surface area contributed by atoms with Gasteiger partial charge in [-0.1, -0.05) is 12.1 Å². The minimum absolute atomic E-state index is 0.104. The molecule has 3 aromatic carbocycles. The Balaban J connectivity index is 1.28. The van der Waals surface area contributed by atoms with E-state index in [4.69, 9.17) is 28.4 Å². The van der Waals surface area contributed by atoms with Crippen LogP contribution in [0.1, 0.15) is 33.7 Å². The highest BCUT2D eigenvalue weighted by Crippen LogP contribution is 2.46. The van der Waals surface area contributed by atoms with Crippen LogP contribution in [0.15, 0.2) is 48.5 Å². The van der Waals surface area contributed by atoms with Crippen molar-refractivity contribution in [2.45, 2.75) is 55.1 Å². The Morgan fingerprint density at radius 2 is 1.51 bits per heavy atom. The maximum Gasteiger partial charge on any atom is 0.335 e. The number of aliphatic hydroxyl groups excluding tert-OH is 5. The fourth-order valence-electron chi connectivity index (χ4n) is 5.62. The summed E-state index contributed by atoms with van der Waals surface area (Å²) >= 11 is 0. The molecular formula is C31H30O16. The van der Waals surface area contributed by atoms with Crippen LogP contribution in [-0.4, -0.2) is 109 Å². The summed E-state index contributed by atoms with van der Waals surface area (Å²) in [5, 5.41) is 81.2. The maximum absolute atomic E-state index is 13.2. The first-order chi connectivity index (χ1) is 22.4. The molecule has 0 bridgehead atoms. The van der Waals surface area contributed by atoms with Gasteiger partial charge in [-0.3, -0.25) is 4.79 Å². The third-order valence-corrected chi connectivity index (χ3v) is 8.05. The largest absolute Gasteiger partial charge is 0.507 e. The number of ketones is 1. The van der Waals surface area contributed by atoms with E-state index >= 15 is 0 Å². The first-order valence-corrected chi connectivity index (χ1v) is 14.2. The zero-order valence-corrected chi connectivity index (χ0v) is 24.4. The van der Waals surface area contributed by atoms with Gasteiger partial charge in [-0.15, -0.1) is 0 Å². The number of carbonyl (C=O) groups excluding carboxylic acids is 1. The maximum atomic E-state index is 13.2. The number of carboxylic acids is 1. The molecule has 6 rings (SSSR count). The van der Waals surface area contributed by atoms with Crippen molar-refractivity contribution >= 4 is 11.8 Å². The third kappa shape index (κ3) is 5.71. The third-order valence-electron chi connectivity index (χ3n) is 8.05. The van der Waals surface area contributed by atoms with Crippen LogP contribution >= 0.6 is 0 Å². The molecule has 3 unspecified atom stereocenters. The lowest BCUT2D eigenvalue weighted by molar-refractivity contribution is -0.271. The Labute approximate surface area is 265 Å². The highest BCUT2D eigenvalue weighted by Gasteiger charge is 2.48. The number of Topliss-reactive ketones (excluding diaryl/α,β-unsaturated/α-hetero) is 1. The first-order valence-electron chi connectivity index (χ1n) is 14.2. The summed E-state index contributed by atoms with van der Waals surface area (Å²) in [4.78, 5) is 24.7. The molecule has 1 fully saturated rings. The summed E-state index contributed by atoms with van der Waals surface area (Å²) in [6.07, 6.45) is -14.4. The molecule has 0 amide bonds. The molecule has 0 aromatic heterocycles. The zero-order chi connectivity index (χ0) is 33.7. The summed E-state index contributed by atoms with van der Waals surface area (Å²) in [5.41, 5.74) is 0.385. The van der Waals surface area contributed by atoms with Crippen molar-refractivity contribution < 1.29 is 78.9 Å². The van der Waals surface area contributed by atoms with Crippen LogP contribution in [0.4, 0.5) is 0 Å². The molecule has 16 nitrogen and oxygen atoms in total. The lowest BCUT2D eigenvalue weighted by atomic mass is 9.92. The van der Waals surface area contributed by atoms with E-state index in [1.807, 2.05) is 0 Å². The van der Waals surface area contributed by atoms with Crippen LogP contribution in [0.5, 0.6) is 40.2 Å². The average Bonchev–Trinajstić information content (AvgIpc) is 3.05. The number of hydrogen-bond acceptors (Lipinski definition) is 15. The number of carboxylic acid groups (broad SMARTS) is 1. The van der Waals surface area contributed by atoms with E-state index in [1.54, 1.807) is 6.07 Å². The molecule has 47 heavy (non-hydrogen) atoms. The standard InChI is InChI=1S/C31H30O16/c1-42-17-6-11(2-4-14(17)33)27-20(10-32)44-16-5-3-12(7-18(16)45-27)28-24(37)22(35)21-15(34)8-13(9-19(21)46-28)43-31-26(39)23(36)25(38)29(47-31)30(40)41/h2-9,20,23-29,31-34,36-39H,10H2,1H3,(H,40,41)/t20?,23-,24?,25-,26+,27?,28+,29-,31+/m0/s1. The zero-order valence-electron chi connectivity index (χ0n) is 24.4. The lowest BCUT2D eigenvalue weighted by Gasteiger charge is -2.38. The Morgan fingerprint density at radius 1 is 0.809 bits per heavy atom. The molecule has 3 aromatic rings. The van der Waals surface area contributed by atoms with Gasteiger partial charge in [-0.25, -0.2) is 4.79 Å². The molecular weight excluding hydrogens is 628 g/mol. The summed E-state index contributed by atoms with van der Waals surface area (Å²) in [6.45, 7) is -0.419. The van der Waals surface area contributed by atoms with Gasteiger partial charge in [0.25, 0.3) is 0 Å². The Bertz CT molecular complexity index is 1690. The molecule has 9 atom stereocenters. The van der Waals surface area contributed by atoms with Crippen LogP contribution in [0, 0.1) is 0 Å². The van der Waals surface area contributed by atoms with Crippen LogP contribution in [0.2, 0.25) is 0 Å². The molecule has 0 aliphatic carbocycles. The van der Waals surface area contributed by atoms with E-state index in [0.717, 1.165) is 12.1 Å². The number of methoxy groups -OCH3 is 1. The predicted molar refractivity (Wildman–Crippen MR) is 153 cm³/mol. The Kier molecular flexibility index (Phi) is 8.47. The van der Waals surface area contributed by atoms with Crippen LogP contribution in [-0.2, 0) is 9.53 Å². The first kappa shape index (κ1) is 32.1. The number of rotatable bonds is 7. The fourth-order valence-corrected chi connectivity index (χ4v) is 5.62. The molecule has 3 aliphatic rings. The van der Waals surface area contributed by atoms with Gasteiger partial charge in [0.15, 0.2) is 53.5 Å². The fraction of sp³-hybridized carbons (Fsp3) is 0.355. The van der Waals surface area contributed by atoms with Gasteiger partial charge < -0.3 is 69.3 Å². The molecule has 3 heterocycles. The monoisotopic (exact) mass is 658 g/mol. The second-order valence-electron chi connectivity index (χ2n) is 11.0. The highest BCUT2D eigenvalue weighted by atomic mass is 16.7. The molecule has 3 aliphatic heterocycles. The van der Waals surface area contributed by atoms with Crippen molar-refractivity contribution in [2.75, 3.05) is 13.7 Å². The SMILES string of the molecule is COc1cc(C2Oc3cc([C@H]4Oc5cc(O[C@@H]6O[C@H](C(=O)O)[C@@H](O)[C@H](O)[C@H]6O)cc(O)c5C(=O)C4O)ccc3OC2CO)ccc1O. The molecule has 0 spiro atoms. The summed E-state index contributed by atoms with van der Waals surface area (Å²) < 4.78 is 33.8. The van der Waals surface area contributed by atoms with Gasteiger partial charge in [0, 0.05) is 17.7 Å². The topological polar surface area (TPSA) is 251 Å². The Morgan fingerprint density at radius 3 is 2.21 bits per heavy atom. The van der Waals surface area contributed by atoms with E-state index in [0.29, 0.717) is 5.56 Å². The number of phenolic OH excluding ortho intramolecular Hbond substituents is 2. The normalized spacial score (nSPS) is 29.7. The quantitative estimate of drug-likeness (QED) is 0.165. The van der Waals surface area contributed by atoms with Crippen LogP contribution in [0.25, 0.3) is 0 Å². The summed E-state index contributed by atoms with van der Waals surface area (Å²) in [6, 6.07) is 11.0. The van der Waals surface area contributed by atoms with E-state index in [-0.39, 0.29) is 45.6 Å². The van der Waals surface area contributed by atoms with Crippen molar-refractivity contribution in [2.24, 2.45) is 0 Å². The second kappa shape index (κ2) is 12.4. The van der Waals surface area contributed by atoms with Gasteiger partial charge in [0.05, 0.1) is 13.7 Å². The predicted octanol–water partition coefficient (Wildman–Crippen LogP) is -0.0719. The number of aromatic hydroxyl groups is 2. The van der Waals surface area contributed by atoms with Crippen molar-refractivity contribution in [1.82, 2.24) is 0 Å². The van der Waals surface area contributed by atoms with Crippen LogP contribution in [0.3, 0.4) is 0 Å². The number of phenols is 2. The number of benzene rings is 3. The number of carbonyl (C=O) groups is 2. The highest BCUT2D eigenvalue weighted by molar-refractivity contribution is 6.05. The molecule has 0 saturated carbocycles. The number of fused-ring (bicyclic) bond motifs is 2. The number of aliphatic carboxylic acids is 1. The van der Waals surface area contributed by atoms with E-state index in [9.17, 15) is 50.4 Å². The summed E-state index contributed by atoms with van der Waals surface area (Å²) in [5.74, 6) is -3.23.